The average molecular weight is 307 g/mol. The summed E-state index contributed by atoms with van der Waals surface area (Å²) in [5, 5.41) is 3.66. The van der Waals surface area contributed by atoms with Gasteiger partial charge in [-0.3, -0.25) is 4.79 Å². The highest BCUT2D eigenvalue weighted by molar-refractivity contribution is 5.84. The van der Waals surface area contributed by atoms with E-state index in [2.05, 4.69) is 49.6 Å². The number of hydrogen-bond acceptors (Lipinski definition) is 2. The number of quaternary nitrogens is 1. The Morgan fingerprint density at radius 2 is 2.17 bits per heavy atom. The number of carbonyl (C=O) groups excluding carboxylic acids is 1. The summed E-state index contributed by atoms with van der Waals surface area (Å²) in [5.41, 5.74) is 6.35. The number of allylic oxidation sites excluding steroid dienone is 2. The van der Waals surface area contributed by atoms with Gasteiger partial charge in [0.1, 0.15) is 18.9 Å². The van der Waals surface area contributed by atoms with Gasteiger partial charge in [0.15, 0.2) is 0 Å². The second-order valence-electron chi connectivity index (χ2n) is 7.87. The predicted molar refractivity (Wildman–Crippen MR) is 91.0 cm³/mol. The molecule has 5 rings (SSSR count). The largest absolute Gasteiger partial charge is 0.357 e. The third-order valence-electron chi connectivity index (χ3n) is 7.06. The number of rotatable bonds is 1. The van der Waals surface area contributed by atoms with E-state index in [9.17, 15) is 4.79 Å². The monoisotopic (exact) mass is 307 g/mol. The Hall–Kier alpha value is -1.87. The Balaban J connectivity index is 1.85. The van der Waals surface area contributed by atoms with Gasteiger partial charge in [0, 0.05) is 35.7 Å². The number of piperidine rings is 1. The van der Waals surface area contributed by atoms with Crippen molar-refractivity contribution in [3.63, 3.8) is 0 Å². The molecule has 118 valence electrons. The molecule has 3 nitrogen and oxygen atoms in total. The molecule has 1 aromatic rings. The molecule has 1 N–H and O–H groups in total. The molecular weight excluding hydrogens is 284 g/mol. The Bertz CT molecular complexity index is 793. The van der Waals surface area contributed by atoms with Gasteiger partial charge in [0.05, 0.1) is 19.0 Å². The van der Waals surface area contributed by atoms with Crippen molar-refractivity contribution in [2.75, 3.05) is 25.5 Å². The number of nitrogens with zero attached hydrogens (tertiary/aromatic N) is 1. The molecule has 0 amide bonds. The normalized spacial score (nSPS) is 41.6. The van der Waals surface area contributed by atoms with E-state index in [1.807, 2.05) is 0 Å². The molecule has 0 saturated carbocycles. The molecule has 4 atom stereocenters. The number of para-hydroxylation sites is 1. The third kappa shape index (κ3) is 1.38. The van der Waals surface area contributed by atoms with Crippen LogP contribution in [0.5, 0.6) is 0 Å². The predicted octanol–water partition coefficient (Wildman–Crippen LogP) is 3.00. The van der Waals surface area contributed by atoms with Crippen molar-refractivity contribution in [3.05, 3.63) is 52.7 Å². The van der Waals surface area contributed by atoms with Crippen LogP contribution in [0.15, 0.2) is 47.2 Å². The zero-order valence-corrected chi connectivity index (χ0v) is 13.8. The van der Waals surface area contributed by atoms with Gasteiger partial charge in [0.25, 0.3) is 0 Å². The Kier molecular flexibility index (Phi) is 2.45. The van der Waals surface area contributed by atoms with Crippen LogP contribution in [0.4, 0.5) is 5.69 Å². The smallest absolute Gasteiger partial charge is 0.148 e. The zero-order valence-electron chi connectivity index (χ0n) is 13.8. The molecule has 3 aliphatic heterocycles. The lowest BCUT2D eigenvalue weighted by molar-refractivity contribution is -0.923. The highest BCUT2D eigenvalue weighted by Gasteiger charge is 2.67. The number of likely N-dealkylation sites (N-methyl/N-ethyl adjacent to an activating group) is 1. The molecular formula is C20H23N2O+. The highest BCUT2D eigenvalue weighted by Crippen LogP contribution is 2.62. The number of anilines is 1. The second kappa shape index (κ2) is 4.15. The first-order chi connectivity index (χ1) is 11.1. The van der Waals surface area contributed by atoms with Gasteiger partial charge < -0.3 is 9.80 Å². The average Bonchev–Trinajstić information content (AvgIpc) is 3.08. The molecule has 1 aliphatic carbocycles. The quantitative estimate of drug-likeness (QED) is 0.491. The molecule has 0 aromatic heterocycles. The minimum Gasteiger partial charge on any atom is -0.357 e. The van der Waals surface area contributed by atoms with Gasteiger partial charge in [-0.2, -0.15) is 0 Å². The van der Waals surface area contributed by atoms with Crippen molar-refractivity contribution in [2.24, 2.45) is 5.92 Å². The fourth-order valence-electron chi connectivity index (χ4n) is 6.07. The van der Waals surface area contributed by atoms with Crippen molar-refractivity contribution >= 4 is 12.0 Å². The fourth-order valence-corrected chi connectivity index (χ4v) is 6.07. The molecule has 23 heavy (non-hydrogen) atoms. The van der Waals surface area contributed by atoms with E-state index in [1.165, 1.54) is 29.1 Å². The summed E-state index contributed by atoms with van der Waals surface area (Å²) in [7, 11) is 2.42. The minimum atomic E-state index is 0.0390. The van der Waals surface area contributed by atoms with Crippen LogP contribution in [0, 0.1) is 5.92 Å². The molecule has 1 aromatic carbocycles. The molecule has 1 spiro atoms. The maximum atomic E-state index is 12.0. The van der Waals surface area contributed by atoms with Crippen LogP contribution in [-0.4, -0.2) is 36.9 Å². The van der Waals surface area contributed by atoms with Gasteiger partial charge >= 0.3 is 0 Å². The summed E-state index contributed by atoms with van der Waals surface area (Å²) in [4.78, 5) is 12.0. The topological polar surface area (TPSA) is 29.1 Å². The molecule has 2 saturated heterocycles. The summed E-state index contributed by atoms with van der Waals surface area (Å²) in [5.74, 6) is 0.316. The summed E-state index contributed by atoms with van der Waals surface area (Å²) in [6.07, 6.45) is 5.65. The van der Waals surface area contributed by atoms with Gasteiger partial charge in [0.2, 0.25) is 0 Å². The van der Waals surface area contributed by atoms with Crippen LogP contribution < -0.4 is 5.32 Å². The molecule has 3 heterocycles. The van der Waals surface area contributed by atoms with Gasteiger partial charge in [-0.15, -0.1) is 0 Å². The SMILES string of the molecule is C/C=C1\C[N@+]2(C)CC[C@]34C(=C(C=O)[C@H]1C[C@@H]32)Nc1ccccc14. The van der Waals surface area contributed by atoms with Crippen LogP contribution in [0.3, 0.4) is 0 Å². The van der Waals surface area contributed by atoms with Crippen LogP contribution >= 0.6 is 0 Å². The van der Waals surface area contributed by atoms with E-state index in [1.54, 1.807) is 0 Å². The van der Waals surface area contributed by atoms with E-state index < -0.39 is 0 Å². The van der Waals surface area contributed by atoms with Crippen LogP contribution in [0.25, 0.3) is 0 Å². The molecule has 4 aliphatic rings. The summed E-state index contributed by atoms with van der Waals surface area (Å²) < 4.78 is 1.13. The lowest BCUT2D eigenvalue weighted by Gasteiger charge is -2.51. The summed E-state index contributed by atoms with van der Waals surface area (Å²) in [6.45, 7) is 4.42. The van der Waals surface area contributed by atoms with E-state index in [-0.39, 0.29) is 5.41 Å². The molecule has 3 heteroatoms. The first-order valence-electron chi connectivity index (χ1n) is 8.70. The number of fused-ring (bicyclic) bond motifs is 2. The van der Waals surface area contributed by atoms with Crippen molar-refractivity contribution < 1.29 is 9.28 Å². The number of nitrogens with one attached hydrogen (secondary N) is 1. The lowest BCUT2D eigenvalue weighted by Crippen LogP contribution is -2.61. The summed E-state index contributed by atoms with van der Waals surface area (Å²) in [6, 6.07) is 9.27. The number of hydrogen-bond donors (Lipinski definition) is 1. The third-order valence-corrected chi connectivity index (χ3v) is 7.06. The van der Waals surface area contributed by atoms with Crippen LogP contribution in [-0.2, 0) is 10.2 Å². The fraction of sp³-hybridized carbons (Fsp3) is 0.450. The lowest BCUT2D eigenvalue weighted by atomic mass is 9.61. The standard InChI is InChI=1S/C20H22N2O/c1-3-13-11-22(2)9-8-20-16-6-4-5-7-17(16)21-19(20)15(12-23)14(13)10-18(20)22/h3-7,12,14,18H,8-11H2,1-2H3/p+1/b13-3+/t14-,18-,20+,22-/m0/s1. The number of aldehydes is 1. The van der Waals surface area contributed by atoms with Crippen LogP contribution in [0.1, 0.15) is 25.3 Å². The van der Waals surface area contributed by atoms with Gasteiger partial charge in [-0.05, 0) is 24.1 Å². The maximum absolute atomic E-state index is 12.0. The molecule has 2 fully saturated rings. The van der Waals surface area contributed by atoms with E-state index in [0.29, 0.717) is 12.0 Å². The first kappa shape index (κ1) is 13.6. The van der Waals surface area contributed by atoms with Crippen molar-refractivity contribution in [3.8, 4) is 0 Å². The Labute approximate surface area is 137 Å². The minimum absolute atomic E-state index is 0.0390. The van der Waals surface area contributed by atoms with Crippen molar-refractivity contribution in [2.45, 2.75) is 31.2 Å². The number of benzene rings is 1. The Morgan fingerprint density at radius 3 is 2.96 bits per heavy atom. The van der Waals surface area contributed by atoms with Gasteiger partial charge in [-0.1, -0.05) is 24.3 Å². The molecule has 2 bridgehead atoms. The van der Waals surface area contributed by atoms with Crippen molar-refractivity contribution in [1.29, 1.82) is 0 Å². The van der Waals surface area contributed by atoms with Crippen LogP contribution in [0.2, 0.25) is 0 Å². The van der Waals surface area contributed by atoms with E-state index >= 15 is 0 Å². The van der Waals surface area contributed by atoms with E-state index in [4.69, 9.17) is 0 Å². The Morgan fingerprint density at radius 1 is 1.35 bits per heavy atom. The summed E-state index contributed by atoms with van der Waals surface area (Å²) >= 11 is 0. The zero-order chi connectivity index (χ0) is 15.8. The van der Waals surface area contributed by atoms with Gasteiger partial charge in [-0.25, -0.2) is 0 Å². The van der Waals surface area contributed by atoms with Crippen molar-refractivity contribution in [1.82, 2.24) is 0 Å². The molecule has 0 unspecified atom stereocenters. The first-order valence-corrected chi connectivity index (χ1v) is 8.70. The highest BCUT2D eigenvalue weighted by atomic mass is 16.1. The molecule has 0 radical (unpaired) electrons. The second-order valence-corrected chi connectivity index (χ2v) is 7.87. The maximum Gasteiger partial charge on any atom is 0.148 e. The number of carbonyl (C=O) groups is 1. The van der Waals surface area contributed by atoms with E-state index in [0.717, 1.165) is 35.7 Å².